The highest BCUT2D eigenvalue weighted by atomic mass is 35.5. The first kappa shape index (κ1) is 15.6. The van der Waals surface area contributed by atoms with Gasteiger partial charge in [-0.3, -0.25) is 0 Å². The Morgan fingerprint density at radius 2 is 1.95 bits per heavy atom. The van der Waals surface area contributed by atoms with Crippen LogP contribution in [0.15, 0.2) is 41.3 Å². The molecule has 0 unspecified atom stereocenters. The molecule has 0 radical (unpaired) electrons. The normalized spacial score (nSPS) is 11.4. The first-order chi connectivity index (χ1) is 9.83. The fraction of sp³-hybridized carbons (Fsp3) is 0.143. The van der Waals surface area contributed by atoms with E-state index in [2.05, 4.69) is 0 Å². The van der Waals surface area contributed by atoms with Gasteiger partial charge >= 0.3 is 0 Å². The van der Waals surface area contributed by atoms with Crippen LogP contribution in [0.25, 0.3) is 0 Å². The molecule has 0 saturated carbocycles. The van der Waals surface area contributed by atoms with Gasteiger partial charge in [0.25, 0.3) is 0 Å². The summed E-state index contributed by atoms with van der Waals surface area (Å²) in [7, 11) is -2.45. The van der Waals surface area contributed by atoms with Crippen LogP contribution in [-0.4, -0.2) is 15.5 Å². The minimum atomic E-state index is -3.79. The number of methoxy groups -OCH3 is 1. The molecule has 0 amide bonds. The third kappa shape index (κ3) is 3.46. The third-order valence-corrected chi connectivity index (χ3v) is 4.81. The maximum atomic E-state index is 13.7. The summed E-state index contributed by atoms with van der Waals surface area (Å²) in [6.07, 6.45) is 0. The maximum Gasteiger partial charge on any atom is 0.186 e. The number of hydrogen-bond donors (Lipinski definition) is 1. The van der Waals surface area contributed by atoms with E-state index in [0.29, 0.717) is 5.69 Å². The van der Waals surface area contributed by atoms with E-state index in [0.717, 1.165) is 6.07 Å². The Morgan fingerprint density at radius 1 is 1.24 bits per heavy atom. The van der Waals surface area contributed by atoms with Gasteiger partial charge in [0.1, 0.15) is 16.5 Å². The van der Waals surface area contributed by atoms with Crippen LogP contribution in [0.3, 0.4) is 0 Å². The molecule has 112 valence electrons. The second kappa shape index (κ2) is 5.91. The van der Waals surface area contributed by atoms with E-state index < -0.39 is 21.4 Å². The van der Waals surface area contributed by atoms with Crippen molar-refractivity contribution in [2.24, 2.45) is 0 Å². The lowest BCUT2D eigenvalue weighted by atomic mass is 10.2. The van der Waals surface area contributed by atoms with E-state index in [1.165, 1.54) is 37.4 Å². The molecule has 0 atom stereocenters. The Balaban J connectivity index is 2.46. The lowest BCUT2D eigenvalue weighted by molar-refractivity contribution is 0.403. The maximum absolute atomic E-state index is 13.7. The molecular formula is C14H13ClFNO3S. The van der Waals surface area contributed by atoms with Gasteiger partial charge in [-0.25, -0.2) is 12.8 Å². The number of benzene rings is 2. The van der Waals surface area contributed by atoms with Crippen LogP contribution >= 0.6 is 11.6 Å². The number of halogens is 2. The zero-order valence-electron chi connectivity index (χ0n) is 11.1. The fourth-order valence-electron chi connectivity index (χ4n) is 1.88. The molecule has 0 spiro atoms. The molecule has 2 N–H and O–H groups in total. The van der Waals surface area contributed by atoms with Crippen LogP contribution in [0.2, 0.25) is 5.02 Å². The molecule has 0 aromatic heterocycles. The first-order valence-electron chi connectivity index (χ1n) is 5.93. The van der Waals surface area contributed by atoms with Crippen LogP contribution in [-0.2, 0) is 15.6 Å². The van der Waals surface area contributed by atoms with Crippen LogP contribution in [0.1, 0.15) is 5.56 Å². The van der Waals surface area contributed by atoms with Crippen molar-refractivity contribution >= 4 is 27.1 Å². The van der Waals surface area contributed by atoms with Gasteiger partial charge in [0.15, 0.2) is 9.84 Å². The predicted molar refractivity (Wildman–Crippen MR) is 79.7 cm³/mol. The Labute approximate surface area is 127 Å². The molecule has 7 heteroatoms. The summed E-state index contributed by atoms with van der Waals surface area (Å²) < 4.78 is 43.6. The summed E-state index contributed by atoms with van der Waals surface area (Å²) in [4.78, 5) is -0.0430. The van der Waals surface area contributed by atoms with E-state index in [4.69, 9.17) is 22.1 Å². The summed E-state index contributed by atoms with van der Waals surface area (Å²) in [5.41, 5.74) is 5.97. The highest BCUT2D eigenvalue weighted by Gasteiger charge is 2.22. The molecular weight excluding hydrogens is 317 g/mol. The standard InChI is InChI=1S/C14H13ClFNO3S/c1-20-13-7-11(17)3-5-14(13)21(18,19)8-9-6-10(15)2-4-12(9)16/h2-7H,8,17H2,1H3. The minimum Gasteiger partial charge on any atom is -0.495 e. The van der Waals surface area contributed by atoms with Gasteiger partial charge in [0, 0.05) is 22.3 Å². The van der Waals surface area contributed by atoms with Crippen LogP contribution in [0.5, 0.6) is 5.75 Å². The molecule has 2 aromatic rings. The molecule has 21 heavy (non-hydrogen) atoms. The van der Waals surface area contributed by atoms with Gasteiger partial charge in [0.05, 0.1) is 12.9 Å². The van der Waals surface area contributed by atoms with Crippen LogP contribution in [0.4, 0.5) is 10.1 Å². The fourth-order valence-corrected chi connectivity index (χ4v) is 3.58. The van der Waals surface area contributed by atoms with E-state index in [-0.39, 0.29) is 21.2 Å². The minimum absolute atomic E-state index is 0.00128. The van der Waals surface area contributed by atoms with Gasteiger partial charge in [-0.05, 0) is 30.3 Å². The molecule has 2 rings (SSSR count). The van der Waals surface area contributed by atoms with Crippen molar-refractivity contribution in [1.82, 2.24) is 0 Å². The summed E-state index contributed by atoms with van der Waals surface area (Å²) in [5, 5.41) is 0.269. The molecule has 4 nitrogen and oxygen atoms in total. The second-order valence-electron chi connectivity index (χ2n) is 4.41. The quantitative estimate of drug-likeness (QED) is 0.875. The summed E-state index contributed by atoms with van der Waals surface area (Å²) >= 11 is 5.77. The van der Waals surface area contributed by atoms with Crippen LogP contribution in [0, 0.1) is 5.82 Å². The number of anilines is 1. The van der Waals surface area contributed by atoms with E-state index in [9.17, 15) is 12.8 Å². The predicted octanol–water partition coefficient (Wildman–Crippen LogP) is 3.04. The topological polar surface area (TPSA) is 69.4 Å². The second-order valence-corrected chi connectivity index (χ2v) is 6.80. The Bertz CT molecular complexity index is 778. The number of sulfone groups is 1. The summed E-state index contributed by atoms with van der Waals surface area (Å²) in [6, 6.07) is 7.97. The van der Waals surface area contributed by atoms with Gasteiger partial charge in [-0.1, -0.05) is 11.6 Å². The van der Waals surface area contributed by atoms with E-state index in [1.807, 2.05) is 0 Å². The Morgan fingerprint density at radius 3 is 2.62 bits per heavy atom. The molecule has 0 heterocycles. The Hall–Kier alpha value is -1.79. The smallest absolute Gasteiger partial charge is 0.186 e. The van der Waals surface area contributed by atoms with Crippen molar-refractivity contribution in [2.45, 2.75) is 10.6 Å². The summed E-state index contributed by atoms with van der Waals surface area (Å²) in [5.74, 6) is -1.02. The van der Waals surface area contributed by atoms with Gasteiger partial charge in [0.2, 0.25) is 0 Å². The highest BCUT2D eigenvalue weighted by Crippen LogP contribution is 2.29. The van der Waals surface area contributed by atoms with Crippen molar-refractivity contribution in [3.05, 3.63) is 52.8 Å². The van der Waals surface area contributed by atoms with Crippen molar-refractivity contribution in [3.63, 3.8) is 0 Å². The molecule has 0 bridgehead atoms. The zero-order chi connectivity index (χ0) is 15.6. The highest BCUT2D eigenvalue weighted by molar-refractivity contribution is 7.90. The van der Waals surface area contributed by atoms with Crippen molar-refractivity contribution < 1.29 is 17.5 Å². The van der Waals surface area contributed by atoms with Gasteiger partial charge in [-0.2, -0.15) is 0 Å². The number of nitrogen functional groups attached to an aromatic ring is 1. The number of hydrogen-bond acceptors (Lipinski definition) is 4. The number of nitrogens with two attached hydrogens (primary N) is 1. The number of rotatable bonds is 4. The zero-order valence-corrected chi connectivity index (χ0v) is 12.7. The molecule has 0 fully saturated rings. The van der Waals surface area contributed by atoms with Crippen molar-refractivity contribution in [2.75, 3.05) is 12.8 Å². The van der Waals surface area contributed by atoms with E-state index in [1.54, 1.807) is 0 Å². The third-order valence-electron chi connectivity index (χ3n) is 2.88. The molecule has 0 aliphatic carbocycles. The lowest BCUT2D eigenvalue weighted by Crippen LogP contribution is -2.08. The van der Waals surface area contributed by atoms with Gasteiger partial charge < -0.3 is 10.5 Å². The average Bonchev–Trinajstić information content (AvgIpc) is 2.42. The lowest BCUT2D eigenvalue weighted by Gasteiger charge is -2.11. The first-order valence-corrected chi connectivity index (χ1v) is 7.96. The molecule has 0 saturated heterocycles. The van der Waals surface area contributed by atoms with Gasteiger partial charge in [-0.15, -0.1) is 0 Å². The average molecular weight is 330 g/mol. The van der Waals surface area contributed by atoms with Crippen LogP contribution < -0.4 is 10.5 Å². The Kier molecular flexibility index (Phi) is 4.39. The van der Waals surface area contributed by atoms with E-state index >= 15 is 0 Å². The van der Waals surface area contributed by atoms with Crippen molar-refractivity contribution in [3.8, 4) is 5.75 Å². The summed E-state index contributed by atoms with van der Waals surface area (Å²) in [6.45, 7) is 0. The molecule has 0 aliphatic heterocycles. The largest absolute Gasteiger partial charge is 0.495 e. The monoisotopic (exact) mass is 329 g/mol. The SMILES string of the molecule is COc1cc(N)ccc1S(=O)(=O)Cc1cc(Cl)ccc1F. The van der Waals surface area contributed by atoms with Crippen molar-refractivity contribution in [1.29, 1.82) is 0 Å². The molecule has 2 aromatic carbocycles. The number of ether oxygens (including phenoxy) is 1. The molecule has 0 aliphatic rings.